The van der Waals surface area contributed by atoms with Crippen molar-refractivity contribution in [2.75, 3.05) is 17.2 Å². The summed E-state index contributed by atoms with van der Waals surface area (Å²) in [6.45, 7) is 5.31. The third-order valence-electron chi connectivity index (χ3n) is 4.01. The highest BCUT2D eigenvalue weighted by Gasteiger charge is 2.32. The van der Waals surface area contributed by atoms with E-state index < -0.39 is 0 Å². The van der Waals surface area contributed by atoms with Gasteiger partial charge in [-0.25, -0.2) is 4.98 Å². The minimum Gasteiger partial charge on any atom is -0.364 e. The van der Waals surface area contributed by atoms with E-state index >= 15 is 0 Å². The first-order chi connectivity index (χ1) is 9.70. The van der Waals surface area contributed by atoms with E-state index in [-0.39, 0.29) is 5.54 Å². The summed E-state index contributed by atoms with van der Waals surface area (Å²) in [5.41, 5.74) is 1.19. The van der Waals surface area contributed by atoms with Crippen LogP contribution in [0.25, 0.3) is 10.9 Å². The van der Waals surface area contributed by atoms with Crippen LogP contribution in [0.1, 0.15) is 39.5 Å². The monoisotopic (exact) mass is 270 g/mol. The van der Waals surface area contributed by atoms with Crippen LogP contribution < -0.4 is 10.6 Å². The van der Waals surface area contributed by atoms with Crippen molar-refractivity contribution in [3.05, 3.63) is 24.3 Å². The standard InChI is InChI=1S/C16H22N4/c1-3-11-17-15-18-13-8-5-4-7-12(13)14(19-15)20-16(2)9-6-10-16/h4-5,7-8H,3,6,9-11H2,1-2H3,(H2,17,18,19,20). The normalized spacial score (nSPS) is 16.7. The van der Waals surface area contributed by atoms with Crippen molar-refractivity contribution in [2.24, 2.45) is 0 Å². The van der Waals surface area contributed by atoms with Gasteiger partial charge in [-0.2, -0.15) is 4.98 Å². The molecule has 1 fully saturated rings. The van der Waals surface area contributed by atoms with Crippen molar-refractivity contribution in [1.29, 1.82) is 0 Å². The second-order valence-electron chi connectivity index (χ2n) is 5.88. The van der Waals surface area contributed by atoms with Gasteiger partial charge in [0.25, 0.3) is 0 Å². The highest BCUT2D eigenvalue weighted by molar-refractivity contribution is 5.90. The van der Waals surface area contributed by atoms with Gasteiger partial charge in [0.15, 0.2) is 0 Å². The number of nitrogens with one attached hydrogen (secondary N) is 2. The van der Waals surface area contributed by atoms with Crippen LogP contribution in [0, 0.1) is 0 Å². The predicted octanol–water partition coefficient (Wildman–Crippen LogP) is 3.81. The fraction of sp³-hybridized carbons (Fsp3) is 0.500. The molecule has 1 saturated carbocycles. The van der Waals surface area contributed by atoms with Gasteiger partial charge >= 0.3 is 0 Å². The zero-order valence-electron chi connectivity index (χ0n) is 12.2. The maximum absolute atomic E-state index is 4.67. The lowest BCUT2D eigenvalue weighted by molar-refractivity contribution is 0.306. The maximum Gasteiger partial charge on any atom is 0.225 e. The molecule has 0 spiro atoms. The van der Waals surface area contributed by atoms with Crippen LogP contribution in [0.5, 0.6) is 0 Å². The van der Waals surface area contributed by atoms with E-state index in [0.717, 1.165) is 35.6 Å². The van der Waals surface area contributed by atoms with Gasteiger partial charge in [-0.05, 0) is 44.7 Å². The Morgan fingerprint density at radius 3 is 2.70 bits per heavy atom. The number of hydrogen-bond acceptors (Lipinski definition) is 4. The Balaban J connectivity index is 1.98. The Kier molecular flexibility index (Phi) is 3.47. The van der Waals surface area contributed by atoms with Gasteiger partial charge in [-0.3, -0.25) is 0 Å². The van der Waals surface area contributed by atoms with Gasteiger partial charge in [-0.15, -0.1) is 0 Å². The van der Waals surface area contributed by atoms with Crippen LogP contribution in [-0.4, -0.2) is 22.1 Å². The molecule has 0 aliphatic heterocycles. The smallest absolute Gasteiger partial charge is 0.225 e. The van der Waals surface area contributed by atoms with E-state index in [4.69, 9.17) is 0 Å². The second kappa shape index (κ2) is 5.27. The van der Waals surface area contributed by atoms with Crippen molar-refractivity contribution < 1.29 is 0 Å². The molecule has 0 saturated heterocycles. The molecule has 1 heterocycles. The quantitative estimate of drug-likeness (QED) is 0.867. The lowest BCUT2D eigenvalue weighted by Gasteiger charge is -2.39. The van der Waals surface area contributed by atoms with E-state index in [0.29, 0.717) is 0 Å². The van der Waals surface area contributed by atoms with Crippen LogP contribution in [0.4, 0.5) is 11.8 Å². The van der Waals surface area contributed by atoms with Crippen molar-refractivity contribution >= 4 is 22.7 Å². The molecule has 3 rings (SSSR count). The molecule has 0 radical (unpaired) electrons. The molecule has 0 amide bonds. The first-order valence-electron chi connectivity index (χ1n) is 7.49. The number of anilines is 2. The minimum atomic E-state index is 0.194. The topological polar surface area (TPSA) is 49.8 Å². The summed E-state index contributed by atoms with van der Waals surface area (Å²) >= 11 is 0. The first-order valence-corrected chi connectivity index (χ1v) is 7.49. The molecule has 4 nitrogen and oxygen atoms in total. The van der Waals surface area contributed by atoms with E-state index in [1.807, 2.05) is 18.2 Å². The second-order valence-corrected chi connectivity index (χ2v) is 5.88. The molecule has 20 heavy (non-hydrogen) atoms. The largest absolute Gasteiger partial charge is 0.364 e. The highest BCUT2D eigenvalue weighted by atomic mass is 15.2. The lowest BCUT2D eigenvalue weighted by atomic mass is 9.78. The van der Waals surface area contributed by atoms with Crippen LogP contribution in [0.15, 0.2) is 24.3 Å². The summed E-state index contributed by atoms with van der Waals surface area (Å²) in [6.07, 6.45) is 4.79. The summed E-state index contributed by atoms with van der Waals surface area (Å²) in [7, 11) is 0. The number of para-hydroxylation sites is 1. The van der Waals surface area contributed by atoms with Crippen molar-refractivity contribution in [2.45, 2.75) is 45.1 Å². The molecule has 106 valence electrons. The van der Waals surface area contributed by atoms with Crippen LogP contribution in [-0.2, 0) is 0 Å². The summed E-state index contributed by atoms with van der Waals surface area (Å²) in [5.74, 6) is 1.67. The summed E-state index contributed by atoms with van der Waals surface area (Å²) in [6, 6.07) is 8.19. The van der Waals surface area contributed by atoms with Crippen molar-refractivity contribution in [3.8, 4) is 0 Å². The minimum absolute atomic E-state index is 0.194. The Bertz CT molecular complexity index is 604. The highest BCUT2D eigenvalue weighted by Crippen LogP contribution is 2.36. The van der Waals surface area contributed by atoms with Gasteiger partial charge in [-0.1, -0.05) is 19.1 Å². The molecule has 1 aromatic carbocycles. The Morgan fingerprint density at radius 1 is 1.20 bits per heavy atom. The Labute approximate surface area is 120 Å². The first kappa shape index (κ1) is 13.2. The third kappa shape index (κ3) is 2.55. The molecule has 0 atom stereocenters. The predicted molar refractivity (Wildman–Crippen MR) is 84.2 cm³/mol. The van der Waals surface area contributed by atoms with Gasteiger partial charge in [0.05, 0.1) is 5.52 Å². The maximum atomic E-state index is 4.67. The van der Waals surface area contributed by atoms with E-state index in [9.17, 15) is 0 Å². The fourth-order valence-corrected chi connectivity index (χ4v) is 2.61. The average molecular weight is 270 g/mol. The zero-order chi connectivity index (χ0) is 14.0. The Hall–Kier alpha value is -1.84. The number of rotatable bonds is 5. The van der Waals surface area contributed by atoms with Crippen LogP contribution in [0.3, 0.4) is 0 Å². The number of fused-ring (bicyclic) bond motifs is 1. The number of hydrogen-bond donors (Lipinski definition) is 2. The van der Waals surface area contributed by atoms with Crippen LogP contribution in [0.2, 0.25) is 0 Å². The van der Waals surface area contributed by atoms with E-state index in [1.54, 1.807) is 0 Å². The lowest BCUT2D eigenvalue weighted by Crippen LogP contribution is -2.42. The van der Waals surface area contributed by atoms with Gasteiger partial charge in [0.2, 0.25) is 5.95 Å². The molecular weight excluding hydrogens is 248 g/mol. The molecule has 1 aromatic heterocycles. The number of aromatic nitrogens is 2. The summed E-state index contributed by atoms with van der Waals surface area (Å²) < 4.78 is 0. The molecular formula is C16H22N4. The SMILES string of the molecule is CCCNc1nc(NC2(C)CCC2)c2ccccc2n1. The van der Waals surface area contributed by atoms with E-state index in [1.165, 1.54) is 19.3 Å². The molecule has 0 bridgehead atoms. The average Bonchev–Trinajstić information content (AvgIpc) is 2.43. The van der Waals surface area contributed by atoms with Crippen LogP contribution >= 0.6 is 0 Å². The van der Waals surface area contributed by atoms with Crippen molar-refractivity contribution in [3.63, 3.8) is 0 Å². The molecule has 4 heteroatoms. The Morgan fingerprint density at radius 2 is 2.00 bits per heavy atom. The molecule has 2 aromatic rings. The summed E-state index contributed by atoms with van der Waals surface area (Å²) in [4.78, 5) is 9.26. The molecule has 2 N–H and O–H groups in total. The summed E-state index contributed by atoms with van der Waals surface area (Å²) in [5, 5.41) is 8.01. The number of benzene rings is 1. The van der Waals surface area contributed by atoms with Crippen molar-refractivity contribution in [1.82, 2.24) is 9.97 Å². The third-order valence-corrected chi connectivity index (χ3v) is 4.01. The van der Waals surface area contributed by atoms with Gasteiger partial charge < -0.3 is 10.6 Å². The zero-order valence-corrected chi connectivity index (χ0v) is 12.2. The molecule has 1 aliphatic rings. The van der Waals surface area contributed by atoms with E-state index in [2.05, 4.69) is 40.5 Å². The fourth-order valence-electron chi connectivity index (χ4n) is 2.61. The van der Waals surface area contributed by atoms with Gasteiger partial charge in [0, 0.05) is 17.5 Å². The van der Waals surface area contributed by atoms with Gasteiger partial charge in [0.1, 0.15) is 5.82 Å². The molecule has 0 unspecified atom stereocenters. The molecule has 1 aliphatic carbocycles. The number of nitrogens with zero attached hydrogens (tertiary/aromatic N) is 2.